The van der Waals surface area contributed by atoms with E-state index in [0.717, 1.165) is 38.8 Å². The van der Waals surface area contributed by atoms with E-state index in [0.29, 0.717) is 12.1 Å². The van der Waals surface area contributed by atoms with Gasteiger partial charge in [-0.1, -0.05) is 0 Å². The van der Waals surface area contributed by atoms with E-state index >= 15 is 0 Å². The molecule has 2 rings (SSSR count). The van der Waals surface area contributed by atoms with Crippen LogP contribution in [0.1, 0.15) is 38.5 Å². The molecule has 1 saturated carbocycles. The number of carbonyl (C=O) groups is 1. The predicted molar refractivity (Wildman–Crippen MR) is 57.8 cm³/mol. The van der Waals surface area contributed by atoms with Crippen LogP contribution in [0.15, 0.2) is 0 Å². The summed E-state index contributed by atoms with van der Waals surface area (Å²) in [6, 6.07) is 0.408. The van der Waals surface area contributed by atoms with E-state index in [4.69, 9.17) is 4.74 Å². The van der Waals surface area contributed by atoms with E-state index in [9.17, 15) is 4.79 Å². The van der Waals surface area contributed by atoms with Gasteiger partial charge in [0.15, 0.2) is 0 Å². The molecule has 0 aromatic rings. The van der Waals surface area contributed by atoms with Gasteiger partial charge < -0.3 is 15.4 Å². The molecule has 4 nitrogen and oxygen atoms in total. The van der Waals surface area contributed by atoms with Gasteiger partial charge in [-0.15, -0.1) is 0 Å². The molecular formula is C11H20N2O2. The largest absolute Gasteiger partial charge is 0.378 e. The highest BCUT2D eigenvalue weighted by atomic mass is 16.5. The summed E-state index contributed by atoms with van der Waals surface area (Å²) in [7, 11) is 0. The lowest BCUT2D eigenvalue weighted by atomic mass is 9.93. The molecule has 15 heavy (non-hydrogen) atoms. The van der Waals surface area contributed by atoms with Crippen molar-refractivity contribution in [3.05, 3.63) is 0 Å². The molecule has 1 atom stereocenters. The van der Waals surface area contributed by atoms with Crippen molar-refractivity contribution in [3.63, 3.8) is 0 Å². The molecule has 0 spiro atoms. The molecule has 4 heteroatoms. The molecule has 2 amide bonds. The van der Waals surface area contributed by atoms with E-state index < -0.39 is 0 Å². The normalized spacial score (nSPS) is 26.0. The molecule has 0 aromatic heterocycles. The summed E-state index contributed by atoms with van der Waals surface area (Å²) in [4.78, 5) is 11.4. The molecule has 2 fully saturated rings. The lowest BCUT2D eigenvalue weighted by Crippen LogP contribution is -2.45. The molecule has 0 bridgehead atoms. The summed E-state index contributed by atoms with van der Waals surface area (Å²) in [5, 5.41) is 5.83. The zero-order valence-corrected chi connectivity index (χ0v) is 9.13. The van der Waals surface area contributed by atoms with Crippen molar-refractivity contribution in [1.82, 2.24) is 10.6 Å². The molecule has 2 aliphatic rings. The second-order valence-electron chi connectivity index (χ2n) is 4.45. The van der Waals surface area contributed by atoms with Gasteiger partial charge in [0.25, 0.3) is 0 Å². The first-order valence-corrected chi connectivity index (χ1v) is 6.00. The van der Waals surface area contributed by atoms with Gasteiger partial charge in [-0.05, 0) is 38.5 Å². The topological polar surface area (TPSA) is 50.4 Å². The van der Waals surface area contributed by atoms with Crippen LogP contribution in [-0.4, -0.2) is 31.3 Å². The third kappa shape index (κ3) is 3.38. The van der Waals surface area contributed by atoms with Gasteiger partial charge in [0.05, 0.1) is 6.10 Å². The van der Waals surface area contributed by atoms with Crippen LogP contribution in [0, 0.1) is 0 Å². The Bertz CT molecular complexity index is 211. The van der Waals surface area contributed by atoms with Crippen molar-refractivity contribution in [2.24, 2.45) is 0 Å². The van der Waals surface area contributed by atoms with Crippen molar-refractivity contribution < 1.29 is 9.53 Å². The van der Waals surface area contributed by atoms with Gasteiger partial charge in [-0.2, -0.15) is 0 Å². The SMILES string of the molecule is O=C(NCCC1CCCO1)NC1CCC1. The minimum Gasteiger partial charge on any atom is -0.378 e. The lowest BCUT2D eigenvalue weighted by molar-refractivity contribution is 0.104. The Morgan fingerprint density at radius 1 is 1.27 bits per heavy atom. The monoisotopic (exact) mass is 212 g/mol. The quantitative estimate of drug-likeness (QED) is 0.740. The van der Waals surface area contributed by atoms with Gasteiger partial charge >= 0.3 is 6.03 Å². The number of hydrogen-bond donors (Lipinski definition) is 2. The molecular weight excluding hydrogens is 192 g/mol. The van der Waals surface area contributed by atoms with Gasteiger partial charge in [-0.3, -0.25) is 0 Å². The molecule has 1 heterocycles. The Labute approximate surface area is 90.8 Å². The number of ether oxygens (including phenoxy) is 1. The maximum absolute atomic E-state index is 11.4. The molecule has 86 valence electrons. The molecule has 1 unspecified atom stereocenters. The third-order valence-corrected chi connectivity index (χ3v) is 3.22. The summed E-state index contributed by atoms with van der Waals surface area (Å²) < 4.78 is 5.48. The molecule has 1 aliphatic carbocycles. The maximum atomic E-state index is 11.4. The highest BCUT2D eigenvalue weighted by Crippen LogP contribution is 2.17. The van der Waals surface area contributed by atoms with Crippen LogP contribution in [0.3, 0.4) is 0 Å². The number of urea groups is 1. The minimum atomic E-state index is -0.0160. The second kappa shape index (κ2) is 5.35. The van der Waals surface area contributed by atoms with E-state index in [-0.39, 0.29) is 6.03 Å². The average molecular weight is 212 g/mol. The standard InChI is InChI=1S/C11H20N2O2/c14-11(13-9-3-1-4-9)12-7-6-10-5-2-8-15-10/h9-10H,1-8H2,(H2,12,13,14). The third-order valence-electron chi connectivity index (χ3n) is 3.22. The predicted octanol–water partition coefficient (Wildman–Crippen LogP) is 1.41. The highest BCUT2D eigenvalue weighted by molar-refractivity contribution is 5.74. The van der Waals surface area contributed by atoms with Gasteiger partial charge in [0, 0.05) is 19.2 Å². The number of rotatable bonds is 4. The van der Waals surface area contributed by atoms with Gasteiger partial charge in [-0.25, -0.2) is 4.79 Å². The summed E-state index contributed by atoms with van der Waals surface area (Å²) in [5.41, 5.74) is 0. The van der Waals surface area contributed by atoms with E-state index in [1.54, 1.807) is 0 Å². The molecule has 1 aliphatic heterocycles. The lowest BCUT2D eigenvalue weighted by Gasteiger charge is -2.26. The van der Waals surface area contributed by atoms with Crippen LogP contribution in [0.25, 0.3) is 0 Å². The highest BCUT2D eigenvalue weighted by Gasteiger charge is 2.19. The van der Waals surface area contributed by atoms with Gasteiger partial charge in [0.2, 0.25) is 0 Å². The number of nitrogens with one attached hydrogen (secondary N) is 2. The second-order valence-corrected chi connectivity index (χ2v) is 4.45. The first-order valence-electron chi connectivity index (χ1n) is 6.00. The summed E-state index contributed by atoms with van der Waals surface area (Å²) in [6.07, 6.45) is 7.15. The van der Waals surface area contributed by atoms with E-state index in [2.05, 4.69) is 10.6 Å². The molecule has 2 N–H and O–H groups in total. The van der Waals surface area contributed by atoms with Crippen LogP contribution in [0.5, 0.6) is 0 Å². The van der Waals surface area contributed by atoms with Crippen molar-refractivity contribution in [3.8, 4) is 0 Å². The fraction of sp³-hybridized carbons (Fsp3) is 0.909. The molecule has 1 saturated heterocycles. The smallest absolute Gasteiger partial charge is 0.315 e. The Hall–Kier alpha value is -0.770. The van der Waals surface area contributed by atoms with Crippen LogP contribution in [0.4, 0.5) is 4.79 Å². The van der Waals surface area contributed by atoms with Crippen LogP contribution >= 0.6 is 0 Å². The number of amides is 2. The fourth-order valence-electron chi connectivity index (χ4n) is 2.01. The summed E-state index contributed by atoms with van der Waals surface area (Å²) in [5.74, 6) is 0. The maximum Gasteiger partial charge on any atom is 0.315 e. The summed E-state index contributed by atoms with van der Waals surface area (Å²) >= 11 is 0. The Morgan fingerprint density at radius 2 is 2.13 bits per heavy atom. The van der Waals surface area contributed by atoms with Crippen LogP contribution in [0.2, 0.25) is 0 Å². The fourth-order valence-corrected chi connectivity index (χ4v) is 2.01. The van der Waals surface area contributed by atoms with E-state index in [1.807, 2.05) is 0 Å². The van der Waals surface area contributed by atoms with Crippen LogP contribution < -0.4 is 10.6 Å². The van der Waals surface area contributed by atoms with Gasteiger partial charge in [0.1, 0.15) is 0 Å². The molecule has 0 radical (unpaired) electrons. The Morgan fingerprint density at radius 3 is 2.73 bits per heavy atom. The first kappa shape index (κ1) is 10.7. The minimum absolute atomic E-state index is 0.0160. The zero-order chi connectivity index (χ0) is 10.5. The average Bonchev–Trinajstić information content (AvgIpc) is 2.64. The molecule has 0 aromatic carbocycles. The van der Waals surface area contributed by atoms with E-state index in [1.165, 1.54) is 12.8 Å². The Kier molecular flexibility index (Phi) is 3.83. The summed E-state index contributed by atoms with van der Waals surface area (Å²) in [6.45, 7) is 1.61. The van der Waals surface area contributed by atoms with Crippen molar-refractivity contribution in [2.45, 2.75) is 50.7 Å². The number of carbonyl (C=O) groups excluding carboxylic acids is 1. The Balaban J connectivity index is 1.50. The number of hydrogen-bond acceptors (Lipinski definition) is 2. The van der Waals surface area contributed by atoms with Crippen molar-refractivity contribution in [2.75, 3.05) is 13.2 Å². The van der Waals surface area contributed by atoms with Crippen molar-refractivity contribution >= 4 is 6.03 Å². The zero-order valence-electron chi connectivity index (χ0n) is 9.13. The first-order chi connectivity index (χ1) is 7.34. The van der Waals surface area contributed by atoms with Crippen LogP contribution in [-0.2, 0) is 4.74 Å². The van der Waals surface area contributed by atoms with Crippen molar-refractivity contribution in [1.29, 1.82) is 0 Å².